The van der Waals surface area contributed by atoms with E-state index in [9.17, 15) is 0 Å². The molecule has 0 aliphatic heterocycles. The number of hydrogen-bond donors (Lipinski definition) is 0. The first kappa shape index (κ1) is 69.8. The van der Waals surface area contributed by atoms with Crippen LogP contribution in [0.3, 0.4) is 0 Å². The third-order valence-electron chi connectivity index (χ3n) is 23.4. The lowest BCUT2D eigenvalue weighted by Crippen LogP contribution is -2.10. The van der Waals surface area contributed by atoms with Crippen LogP contribution >= 0.6 is 22.7 Å². The molecule has 0 bridgehead atoms. The molecular formula is C112H74N4S2. The Hall–Kier alpha value is -14.9. The molecule has 4 nitrogen and oxygen atoms in total. The number of rotatable bonds is 14. The van der Waals surface area contributed by atoms with Gasteiger partial charge in [0.05, 0.1) is 42.8 Å². The minimum absolute atomic E-state index is 1.09. The van der Waals surface area contributed by atoms with Crippen molar-refractivity contribution in [3.63, 3.8) is 0 Å². The summed E-state index contributed by atoms with van der Waals surface area (Å²) in [6.07, 6.45) is 0. The van der Waals surface area contributed by atoms with Gasteiger partial charge in [0.15, 0.2) is 0 Å². The molecule has 0 fully saturated rings. The van der Waals surface area contributed by atoms with Gasteiger partial charge < -0.3 is 18.9 Å². The Labute approximate surface area is 692 Å². The van der Waals surface area contributed by atoms with Crippen LogP contribution in [-0.4, -0.2) is 9.13 Å². The first-order valence-corrected chi connectivity index (χ1v) is 41.9. The van der Waals surface area contributed by atoms with E-state index in [0.29, 0.717) is 0 Å². The Kier molecular flexibility index (Phi) is 17.6. The van der Waals surface area contributed by atoms with Gasteiger partial charge >= 0.3 is 0 Å². The molecule has 0 amide bonds. The van der Waals surface area contributed by atoms with E-state index in [-0.39, 0.29) is 0 Å². The average molecular weight is 1540 g/mol. The molecule has 118 heavy (non-hydrogen) atoms. The molecule has 0 saturated heterocycles. The monoisotopic (exact) mass is 1540 g/mol. The molecule has 0 spiro atoms. The molecule has 0 saturated carbocycles. The first-order chi connectivity index (χ1) is 58.6. The molecule has 0 N–H and O–H groups in total. The third-order valence-corrected chi connectivity index (χ3v) is 25.8. The van der Waals surface area contributed by atoms with Crippen molar-refractivity contribution < 1.29 is 0 Å². The molecule has 0 aliphatic rings. The molecule has 0 atom stereocenters. The van der Waals surface area contributed by atoms with Crippen molar-refractivity contribution in [3.05, 3.63) is 449 Å². The molecule has 23 aromatic rings. The fourth-order valence-electron chi connectivity index (χ4n) is 17.9. The predicted molar refractivity (Wildman–Crippen MR) is 507 cm³/mol. The van der Waals surface area contributed by atoms with Gasteiger partial charge in [-0.05, 0) is 186 Å². The molecule has 19 aromatic carbocycles. The van der Waals surface area contributed by atoms with E-state index in [1.165, 1.54) is 173 Å². The minimum atomic E-state index is 1.09. The van der Waals surface area contributed by atoms with Gasteiger partial charge in [0.1, 0.15) is 0 Å². The van der Waals surface area contributed by atoms with E-state index in [2.05, 4.69) is 468 Å². The van der Waals surface area contributed by atoms with Gasteiger partial charge in [0, 0.05) is 81.2 Å². The van der Waals surface area contributed by atoms with Gasteiger partial charge in [-0.15, -0.1) is 22.7 Å². The topological polar surface area (TPSA) is 16.3 Å². The van der Waals surface area contributed by atoms with Crippen LogP contribution in [0.5, 0.6) is 0 Å². The van der Waals surface area contributed by atoms with Gasteiger partial charge in [-0.3, -0.25) is 0 Å². The van der Waals surface area contributed by atoms with Gasteiger partial charge in [-0.2, -0.15) is 0 Å². The van der Waals surface area contributed by atoms with E-state index in [1.807, 2.05) is 22.7 Å². The second-order valence-electron chi connectivity index (χ2n) is 30.2. The maximum Gasteiger partial charge on any atom is 0.0728 e. The summed E-state index contributed by atoms with van der Waals surface area (Å²) in [6.45, 7) is 0. The molecule has 23 rings (SSSR count). The Bertz CT molecular complexity index is 7460. The maximum absolute atomic E-state index is 2.55. The normalized spacial score (nSPS) is 11.6. The highest BCUT2D eigenvalue weighted by atomic mass is 32.1. The van der Waals surface area contributed by atoms with Crippen molar-refractivity contribution in [2.45, 2.75) is 0 Å². The molecular weight excluding hydrogens is 1470 g/mol. The highest BCUT2D eigenvalue weighted by Gasteiger charge is 2.26. The van der Waals surface area contributed by atoms with E-state index in [0.717, 1.165) is 34.1 Å². The number of anilines is 6. The molecule has 4 aromatic heterocycles. The number of nitrogens with zero attached hydrogens (tertiary/aromatic N) is 4. The average Bonchev–Trinajstić information content (AvgIpc) is 1.35. The second kappa shape index (κ2) is 29.8. The summed E-state index contributed by atoms with van der Waals surface area (Å²) in [5, 5.41) is 12.5. The number of hydrogen-bond acceptors (Lipinski definition) is 4. The minimum Gasteiger partial charge on any atom is -0.310 e. The Balaban J connectivity index is 0.000000143. The van der Waals surface area contributed by atoms with Crippen molar-refractivity contribution in [2.75, 3.05) is 9.80 Å². The number of aromatic nitrogens is 2. The summed E-state index contributed by atoms with van der Waals surface area (Å²) >= 11 is 3.78. The van der Waals surface area contributed by atoms with Crippen LogP contribution in [-0.2, 0) is 0 Å². The molecule has 0 radical (unpaired) electrons. The second-order valence-corrected chi connectivity index (χ2v) is 32.3. The highest BCUT2D eigenvalue weighted by molar-refractivity contribution is 7.27. The van der Waals surface area contributed by atoms with E-state index in [1.54, 1.807) is 0 Å². The highest BCUT2D eigenvalue weighted by Crippen LogP contribution is 2.51. The fraction of sp³-hybridized carbons (Fsp3) is 0. The van der Waals surface area contributed by atoms with Crippen LogP contribution in [0, 0.1) is 0 Å². The largest absolute Gasteiger partial charge is 0.310 e. The predicted octanol–water partition coefficient (Wildman–Crippen LogP) is 32.4. The van der Waals surface area contributed by atoms with Gasteiger partial charge in [-0.25, -0.2) is 0 Å². The lowest BCUT2D eigenvalue weighted by Gasteiger charge is -2.27. The van der Waals surface area contributed by atoms with Crippen LogP contribution in [0.25, 0.3) is 173 Å². The summed E-state index contributed by atoms with van der Waals surface area (Å²) in [5.41, 5.74) is 28.4. The molecule has 554 valence electrons. The molecule has 4 heterocycles. The van der Waals surface area contributed by atoms with Crippen molar-refractivity contribution in [3.8, 4) is 78.1 Å². The van der Waals surface area contributed by atoms with E-state index in [4.69, 9.17) is 0 Å². The van der Waals surface area contributed by atoms with E-state index < -0.39 is 0 Å². The van der Waals surface area contributed by atoms with Crippen LogP contribution in [0.2, 0.25) is 0 Å². The molecule has 0 aliphatic carbocycles. The summed E-state index contributed by atoms with van der Waals surface area (Å²) in [7, 11) is 0. The zero-order valence-electron chi connectivity index (χ0n) is 64.3. The lowest BCUT2D eigenvalue weighted by molar-refractivity contribution is 1.21. The summed E-state index contributed by atoms with van der Waals surface area (Å²) < 4.78 is 10.3. The number of para-hydroxylation sites is 2. The summed E-state index contributed by atoms with van der Waals surface area (Å²) in [4.78, 5) is 4.75. The zero-order valence-corrected chi connectivity index (χ0v) is 66.0. The molecule has 0 unspecified atom stereocenters. The fourth-order valence-corrected chi connectivity index (χ4v) is 20.4. The van der Waals surface area contributed by atoms with Crippen molar-refractivity contribution in [1.82, 2.24) is 9.13 Å². The van der Waals surface area contributed by atoms with Crippen LogP contribution in [0.15, 0.2) is 449 Å². The van der Waals surface area contributed by atoms with Crippen molar-refractivity contribution in [1.29, 1.82) is 0 Å². The zero-order chi connectivity index (χ0) is 78.0. The molecule has 6 heteroatoms. The number of benzene rings is 19. The van der Waals surface area contributed by atoms with Crippen molar-refractivity contribution in [2.24, 2.45) is 0 Å². The van der Waals surface area contributed by atoms with Crippen LogP contribution in [0.4, 0.5) is 34.1 Å². The maximum atomic E-state index is 2.55. The Morgan fingerprint density at radius 2 is 0.492 bits per heavy atom. The quantitative estimate of drug-likeness (QED) is 0.101. The third kappa shape index (κ3) is 12.3. The SMILES string of the molecule is c1ccc(-c2ccc(N(c3ccc(-c4ccccc4)cc3)c3cccc(-c4c5ccccc5c(-n5c6ccccc6c6sc7ccccc7c65)c5ccccc45)c3)cc2)cc1.c1ccc(-c2ccc(N(c3ccc(-c4ccccc4)cc3)c3cccc(-c4ccc(-n5c6ccccc6c6sc7ccccc7c65)c5ccccc45)c3)cc2)cc1. The van der Waals surface area contributed by atoms with Crippen LogP contribution in [0.1, 0.15) is 0 Å². The first-order valence-electron chi connectivity index (χ1n) is 40.3. The number of fused-ring (bicyclic) bond motifs is 13. The van der Waals surface area contributed by atoms with E-state index >= 15 is 0 Å². The smallest absolute Gasteiger partial charge is 0.0728 e. The Morgan fingerprint density at radius 3 is 0.915 bits per heavy atom. The number of thiophene rings is 2. The van der Waals surface area contributed by atoms with Crippen LogP contribution < -0.4 is 9.80 Å². The standard InChI is InChI=1S/C58H38N2S.C54H36N2S/c1-3-16-39(17-4-1)41-30-34-44(35-31-41)59(45-36-32-42(33-37-45)40-18-5-2-6-19-40)46-21-15-20-43(38-46)55-47-22-7-9-24-49(47)56(50-25-10-8-23-48(50)55)60-53-28-13-11-26-51(53)58-57(60)52-27-12-14-29-54(52)61-58;1-3-14-37(15-4-1)39-26-30-42(31-27-39)55(43-32-28-40(29-33-43)38-16-5-2-6-17-38)44-19-13-18-41(36-44)45-34-35-51(47-21-8-7-20-46(45)47)56-50-24-11-9-22-48(50)54-53(56)49-23-10-12-25-52(49)57-54/h1-38H;1-36H. The van der Waals surface area contributed by atoms with Crippen molar-refractivity contribution >= 4 is 152 Å². The lowest BCUT2D eigenvalue weighted by atomic mass is 9.90. The Morgan fingerprint density at radius 1 is 0.186 bits per heavy atom. The summed E-state index contributed by atoms with van der Waals surface area (Å²) in [6, 6.07) is 163. The van der Waals surface area contributed by atoms with Gasteiger partial charge in [-0.1, -0.05) is 346 Å². The van der Waals surface area contributed by atoms with Gasteiger partial charge in [0.25, 0.3) is 0 Å². The summed E-state index contributed by atoms with van der Waals surface area (Å²) in [5.74, 6) is 0. The van der Waals surface area contributed by atoms with Gasteiger partial charge in [0.2, 0.25) is 0 Å².